The summed E-state index contributed by atoms with van der Waals surface area (Å²) in [5.41, 5.74) is 5.52. The number of benzene rings is 4. The van der Waals surface area contributed by atoms with E-state index in [1.165, 1.54) is 58.2 Å². The first kappa shape index (κ1) is 35.8. The molecule has 0 atom stereocenters. The molecular formula is C40H34FN7O5. The Hall–Kier alpha value is -6.99. The van der Waals surface area contributed by atoms with Gasteiger partial charge in [0.15, 0.2) is 0 Å². The molecule has 0 amide bonds. The van der Waals surface area contributed by atoms with E-state index in [-0.39, 0.29) is 23.5 Å². The van der Waals surface area contributed by atoms with Crippen molar-refractivity contribution in [2.45, 2.75) is 19.6 Å². The van der Waals surface area contributed by atoms with Crippen molar-refractivity contribution in [3.8, 4) is 11.4 Å². The standard InChI is InChI=1S/C25H18FN3O3.C9H11N3.C6H5NO2/c26-18-8-6-17(7-9-18)24-28-15-21(25(31)29(24)11-12-30)27-14-16-5-10-23-20(13-16)19-3-1-2-4-22(19)32-23;1-10-6-8-4-7-5-11-3-2-9(7)12-8;8-7(9)6-4-2-1-3-5-6/h1-10,12-13,15,27H,11,14H2;2-5,10,12H,6H2,1H3;1-5H. The fourth-order valence-corrected chi connectivity index (χ4v) is 5.63. The summed E-state index contributed by atoms with van der Waals surface area (Å²) < 4.78 is 20.4. The number of nitro benzene ring substituents is 1. The van der Waals surface area contributed by atoms with E-state index in [1.807, 2.05) is 61.8 Å². The molecule has 0 bridgehead atoms. The Morgan fingerprint density at radius 1 is 0.906 bits per heavy atom. The lowest BCUT2D eigenvalue weighted by Crippen LogP contribution is -2.26. The number of fused-ring (bicyclic) bond motifs is 4. The van der Waals surface area contributed by atoms with Gasteiger partial charge in [0.1, 0.15) is 34.8 Å². The highest BCUT2D eigenvalue weighted by Gasteiger charge is 2.13. The number of hydrogen-bond donors (Lipinski definition) is 3. The van der Waals surface area contributed by atoms with Crippen LogP contribution in [0.1, 0.15) is 11.3 Å². The minimum absolute atomic E-state index is 0.137. The van der Waals surface area contributed by atoms with Crippen LogP contribution in [0.2, 0.25) is 0 Å². The van der Waals surface area contributed by atoms with Crippen LogP contribution in [0, 0.1) is 15.9 Å². The number of nitro groups is 1. The van der Waals surface area contributed by atoms with Crippen LogP contribution in [-0.4, -0.2) is 37.8 Å². The largest absolute Gasteiger partial charge is 0.456 e. The monoisotopic (exact) mass is 711 g/mol. The molecule has 4 aromatic heterocycles. The molecule has 0 aliphatic rings. The second-order valence-electron chi connectivity index (χ2n) is 11.7. The number of hydrogen-bond acceptors (Lipinski definition) is 9. The minimum atomic E-state index is -0.417. The van der Waals surface area contributed by atoms with Crippen LogP contribution in [0.25, 0.3) is 44.2 Å². The Kier molecular flexibility index (Phi) is 11.4. The Labute approximate surface area is 302 Å². The quantitative estimate of drug-likeness (QED) is 0.0777. The fraction of sp³-hybridized carbons (Fsp3) is 0.100. The smallest absolute Gasteiger partial charge is 0.277 e. The van der Waals surface area contributed by atoms with Crippen LogP contribution < -0.4 is 16.2 Å². The third-order valence-electron chi connectivity index (χ3n) is 8.14. The van der Waals surface area contributed by atoms with Crippen molar-refractivity contribution in [1.82, 2.24) is 24.8 Å². The number of rotatable bonds is 9. The second kappa shape index (κ2) is 16.8. The molecule has 266 valence electrons. The van der Waals surface area contributed by atoms with Gasteiger partial charge in [0.05, 0.1) is 17.7 Å². The molecule has 13 heteroatoms. The zero-order chi connectivity index (χ0) is 37.2. The third kappa shape index (κ3) is 8.67. The number of carbonyl (C=O) groups is 1. The average Bonchev–Trinajstić information content (AvgIpc) is 3.77. The summed E-state index contributed by atoms with van der Waals surface area (Å²) in [6.07, 6.45) is 5.74. The SMILES string of the molecule is CNCc1cc2cnccc2[nH]1.O=CCn1c(-c2ccc(F)cc2)ncc(NCc2ccc3oc4ccccc4c3c2)c1=O.O=[N+]([O-])c1ccccc1. The maximum absolute atomic E-state index is 13.3. The van der Waals surface area contributed by atoms with Crippen LogP contribution in [0.3, 0.4) is 0 Å². The van der Waals surface area contributed by atoms with Crippen LogP contribution >= 0.6 is 0 Å². The number of aldehydes is 1. The molecule has 0 unspecified atom stereocenters. The Morgan fingerprint density at radius 3 is 2.38 bits per heavy atom. The maximum atomic E-state index is 13.3. The molecule has 8 rings (SSSR count). The molecule has 0 saturated carbocycles. The van der Waals surface area contributed by atoms with Crippen molar-refractivity contribution in [2.75, 3.05) is 12.4 Å². The number of anilines is 1. The van der Waals surface area contributed by atoms with Gasteiger partial charge in [-0.2, -0.15) is 0 Å². The highest BCUT2D eigenvalue weighted by atomic mass is 19.1. The van der Waals surface area contributed by atoms with Crippen molar-refractivity contribution in [2.24, 2.45) is 0 Å². The van der Waals surface area contributed by atoms with E-state index >= 15 is 0 Å². The van der Waals surface area contributed by atoms with Crippen molar-refractivity contribution < 1.29 is 18.5 Å². The second-order valence-corrected chi connectivity index (χ2v) is 11.7. The Balaban J connectivity index is 0.000000185. The highest BCUT2D eigenvalue weighted by molar-refractivity contribution is 6.05. The average molecular weight is 712 g/mol. The number of aromatic nitrogens is 4. The number of furan rings is 1. The van der Waals surface area contributed by atoms with Crippen LogP contribution in [0.15, 0.2) is 137 Å². The first-order valence-corrected chi connectivity index (χ1v) is 16.5. The highest BCUT2D eigenvalue weighted by Crippen LogP contribution is 2.29. The number of nitrogens with zero attached hydrogens (tertiary/aromatic N) is 4. The van der Waals surface area contributed by atoms with Crippen molar-refractivity contribution in [3.63, 3.8) is 0 Å². The zero-order valence-electron chi connectivity index (χ0n) is 28.5. The molecule has 0 spiro atoms. The Morgan fingerprint density at radius 2 is 1.66 bits per heavy atom. The summed E-state index contributed by atoms with van der Waals surface area (Å²) in [5.74, 6) is -0.0855. The number of para-hydroxylation sites is 2. The van der Waals surface area contributed by atoms with E-state index < -0.39 is 10.7 Å². The molecule has 3 N–H and O–H groups in total. The molecule has 4 aromatic carbocycles. The van der Waals surface area contributed by atoms with E-state index in [2.05, 4.69) is 31.7 Å². The number of nitrogens with one attached hydrogen (secondary N) is 3. The van der Waals surface area contributed by atoms with E-state index in [4.69, 9.17) is 4.42 Å². The normalized spacial score (nSPS) is 10.7. The molecule has 12 nitrogen and oxygen atoms in total. The Bertz CT molecular complexity index is 2510. The summed E-state index contributed by atoms with van der Waals surface area (Å²) in [7, 11) is 1.93. The van der Waals surface area contributed by atoms with Gasteiger partial charge in [0.25, 0.3) is 11.2 Å². The third-order valence-corrected chi connectivity index (χ3v) is 8.14. The van der Waals surface area contributed by atoms with Crippen LogP contribution in [0.4, 0.5) is 15.8 Å². The van der Waals surface area contributed by atoms with E-state index in [9.17, 15) is 24.1 Å². The van der Waals surface area contributed by atoms with Gasteiger partial charge in [-0.05, 0) is 67.2 Å². The fourth-order valence-electron chi connectivity index (χ4n) is 5.63. The summed E-state index contributed by atoms with van der Waals surface area (Å²) in [4.78, 5) is 45.5. The van der Waals surface area contributed by atoms with Crippen molar-refractivity contribution in [1.29, 1.82) is 0 Å². The number of non-ortho nitro benzene ring substituents is 1. The van der Waals surface area contributed by atoms with E-state index in [0.29, 0.717) is 24.2 Å². The van der Waals surface area contributed by atoms with E-state index in [0.717, 1.165) is 39.6 Å². The predicted molar refractivity (Wildman–Crippen MR) is 203 cm³/mol. The van der Waals surface area contributed by atoms with Crippen molar-refractivity contribution >= 4 is 50.5 Å². The first-order chi connectivity index (χ1) is 25.8. The van der Waals surface area contributed by atoms with Crippen molar-refractivity contribution in [3.05, 3.63) is 165 Å². The number of halogens is 1. The topological polar surface area (TPSA) is 161 Å². The lowest BCUT2D eigenvalue weighted by Gasteiger charge is -2.13. The molecule has 0 fully saturated rings. The number of carbonyl (C=O) groups excluding carboxylic acids is 1. The number of aromatic amines is 1. The predicted octanol–water partition coefficient (Wildman–Crippen LogP) is 7.64. The molecule has 53 heavy (non-hydrogen) atoms. The van der Waals surface area contributed by atoms with Gasteiger partial charge >= 0.3 is 0 Å². The van der Waals surface area contributed by atoms with E-state index in [1.54, 1.807) is 24.4 Å². The lowest BCUT2D eigenvalue weighted by molar-refractivity contribution is -0.384. The minimum Gasteiger partial charge on any atom is -0.456 e. The number of H-pyrrole nitrogens is 1. The van der Waals surface area contributed by atoms with Gasteiger partial charge in [-0.25, -0.2) is 9.37 Å². The summed E-state index contributed by atoms with van der Waals surface area (Å²) in [6.45, 7) is 1.11. The van der Waals surface area contributed by atoms with Crippen LogP contribution in [-0.2, 0) is 24.4 Å². The van der Waals surface area contributed by atoms with Crippen LogP contribution in [0.5, 0.6) is 0 Å². The van der Waals surface area contributed by atoms with Gasteiger partial charge in [-0.3, -0.25) is 24.5 Å². The van der Waals surface area contributed by atoms with Gasteiger partial charge in [0.2, 0.25) is 0 Å². The van der Waals surface area contributed by atoms with Gasteiger partial charge in [-0.15, -0.1) is 0 Å². The molecule has 0 aliphatic heterocycles. The molecule has 4 heterocycles. The van der Waals surface area contributed by atoms with Gasteiger partial charge in [-0.1, -0.05) is 42.5 Å². The van der Waals surface area contributed by atoms with Gasteiger partial charge in [0, 0.05) is 70.5 Å². The summed E-state index contributed by atoms with van der Waals surface area (Å²) >= 11 is 0. The molecular weight excluding hydrogens is 677 g/mol. The number of pyridine rings is 1. The maximum Gasteiger partial charge on any atom is 0.277 e. The summed E-state index contributed by atoms with van der Waals surface area (Å²) in [5, 5.41) is 19.4. The summed E-state index contributed by atoms with van der Waals surface area (Å²) in [6, 6.07) is 31.3. The molecule has 0 saturated heterocycles. The lowest BCUT2D eigenvalue weighted by atomic mass is 10.1. The molecule has 0 aliphatic carbocycles. The molecule has 0 radical (unpaired) electrons. The first-order valence-electron chi connectivity index (χ1n) is 16.5. The molecule has 8 aromatic rings. The van der Waals surface area contributed by atoms with Gasteiger partial charge < -0.3 is 24.8 Å². The zero-order valence-corrected chi connectivity index (χ0v) is 28.5.